The predicted octanol–water partition coefficient (Wildman–Crippen LogP) is 7.02. The molecule has 0 aromatic heterocycles. The summed E-state index contributed by atoms with van der Waals surface area (Å²) in [5.74, 6) is -0.815. The van der Waals surface area contributed by atoms with Crippen LogP contribution in [0.4, 0.5) is 5.69 Å². The van der Waals surface area contributed by atoms with Gasteiger partial charge in [-0.3, -0.25) is 13.9 Å². The van der Waals surface area contributed by atoms with Crippen molar-refractivity contribution < 1.29 is 18.0 Å². The molecule has 0 aliphatic rings. The number of aryl methyl sites for hydroxylation is 3. The highest BCUT2D eigenvalue weighted by Gasteiger charge is 2.35. The van der Waals surface area contributed by atoms with Crippen molar-refractivity contribution in [2.75, 3.05) is 10.8 Å². The van der Waals surface area contributed by atoms with Gasteiger partial charge in [0.2, 0.25) is 11.8 Å². The van der Waals surface area contributed by atoms with Gasteiger partial charge in [0.15, 0.2) is 0 Å². The molecular formula is C37H42ClN3O4S. The van der Waals surface area contributed by atoms with Crippen LogP contribution in [-0.4, -0.2) is 43.8 Å². The molecule has 0 aliphatic carbocycles. The number of amides is 2. The third-order valence-electron chi connectivity index (χ3n) is 7.92. The van der Waals surface area contributed by atoms with E-state index in [0.29, 0.717) is 17.1 Å². The van der Waals surface area contributed by atoms with Crippen LogP contribution in [0.1, 0.15) is 48.1 Å². The zero-order valence-electron chi connectivity index (χ0n) is 27.0. The zero-order chi connectivity index (χ0) is 33.4. The van der Waals surface area contributed by atoms with Crippen molar-refractivity contribution in [2.24, 2.45) is 0 Å². The predicted molar refractivity (Wildman–Crippen MR) is 185 cm³/mol. The minimum atomic E-state index is -4.17. The number of benzene rings is 4. The van der Waals surface area contributed by atoms with Crippen molar-refractivity contribution in [3.8, 4) is 0 Å². The van der Waals surface area contributed by atoms with Crippen LogP contribution in [0.2, 0.25) is 5.02 Å². The number of sulfonamides is 1. The number of nitrogens with one attached hydrogen (secondary N) is 1. The maximum Gasteiger partial charge on any atom is 0.264 e. The Bertz CT molecular complexity index is 1720. The molecular weight excluding hydrogens is 618 g/mol. The van der Waals surface area contributed by atoms with Gasteiger partial charge in [0.1, 0.15) is 12.6 Å². The first-order valence-corrected chi connectivity index (χ1v) is 17.2. The second-order valence-corrected chi connectivity index (χ2v) is 14.1. The maximum atomic E-state index is 14.6. The van der Waals surface area contributed by atoms with E-state index in [1.54, 1.807) is 60.7 Å². The van der Waals surface area contributed by atoms with Gasteiger partial charge in [-0.05, 0) is 92.8 Å². The molecule has 2 amide bonds. The van der Waals surface area contributed by atoms with Gasteiger partial charge in [0.25, 0.3) is 10.0 Å². The highest BCUT2D eigenvalue weighted by molar-refractivity contribution is 7.92. The highest BCUT2D eigenvalue weighted by atomic mass is 35.5. The summed E-state index contributed by atoms with van der Waals surface area (Å²) in [5.41, 5.74) is 4.64. The van der Waals surface area contributed by atoms with Crippen LogP contribution in [0.15, 0.2) is 102 Å². The topological polar surface area (TPSA) is 86.8 Å². The van der Waals surface area contributed by atoms with Crippen molar-refractivity contribution in [2.45, 2.75) is 71.0 Å². The zero-order valence-corrected chi connectivity index (χ0v) is 28.6. The molecule has 2 atom stereocenters. The Labute approximate surface area is 278 Å². The Kier molecular flexibility index (Phi) is 11.7. The standard InChI is InChI=1S/C37H42ClN3O4S/c1-6-29(5)39-37(43)35(23-30-10-8-7-9-11-30)40(24-31-14-16-32(38)17-15-31)36(42)25-41(33-21-27(3)20-28(4)22-33)46(44,45)34-18-12-26(2)13-19-34/h7-22,29,35H,6,23-25H2,1-5H3,(H,39,43). The lowest BCUT2D eigenvalue weighted by molar-refractivity contribution is -0.140. The van der Waals surface area contributed by atoms with E-state index in [4.69, 9.17) is 11.6 Å². The fourth-order valence-electron chi connectivity index (χ4n) is 5.24. The second kappa shape index (κ2) is 15.4. The average Bonchev–Trinajstić information content (AvgIpc) is 3.02. The van der Waals surface area contributed by atoms with Crippen LogP contribution in [0, 0.1) is 20.8 Å². The summed E-state index contributed by atoms with van der Waals surface area (Å²) in [5, 5.41) is 3.60. The van der Waals surface area contributed by atoms with Crippen LogP contribution in [-0.2, 0) is 32.6 Å². The Morgan fingerprint density at radius 1 is 0.804 bits per heavy atom. The van der Waals surface area contributed by atoms with E-state index in [2.05, 4.69) is 5.32 Å². The molecule has 0 saturated carbocycles. The number of hydrogen-bond acceptors (Lipinski definition) is 4. The number of anilines is 1. The highest BCUT2D eigenvalue weighted by Crippen LogP contribution is 2.27. The molecule has 4 aromatic carbocycles. The number of rotatable bonds is 13. The van der Waals surface area contributed by atoms with E-state index in [0.717, 1.165) is 32.1 Å². The van der Waals surface area contributed by atoms with Crippen molar-refractivity contribution in [3.05, 3.63) is 130 Å². The van der Waals surface area contributed by atoms with Gasteiger partial charge in [-0.2, -0.15) is 0 Å². The largest absolute Gasteiger partial charge is 0.352 e. The van der Waals surface area contributed by atoms with Gasteiger partial charge in [0, 0.05) is 24.0 Å². The van der Waals surface area contributed by atoms with E-state index in [1.165, 1.54) is 4.90 Å². The Morgan fingerprint density at radius 3 is 2.00 bits per heavy atom. The number of halogens is 1. The van der Waals surface area contributed by atoms with Gasteiger partial charge >= 0.3 is 0 Å². The van der Waals surface area contributed by atoms with Crippen LogP contribution in [0.3, 0.4) is 0 Å². The van der Waals surface area contributed by atoms with Crippen LogP contribution < -0.4 is 9.62 Å². The summed E-state index contributed by atoms with van der Waals surface area (Å²) in [6, 6.07) is 27.6. The maximum absolute atomic E-state index is 14.6. The summed E-state index contributed by atoms with van der Waals surface area (Å²) in [6.45, 7) is 9.12. The Hall–Kier alpha value is -4.14. The first kappa shape index (κ1) is 34.7. The number of hydrogen-bond donors (Lipinski definition) is 1. The van der Waals surface area contributed by atoms with Crippen molar-refractivity contribution >= 4 is 39.1 Å². The van der Waals surface area contributed by atoms with Crippen LogP contribution in [0.5, 0.6) is 0 Å². The third kappa shape index (κ3) is 8.98. The van der Waals surface area contributed by atoms with E-state index < -0.39 is 28.5 Å². The first-order valence-electron chi connectivity index (χ1n) is 15.4. The molecule has 0 fully saturated rings. The summed E-state index contributed by atoms with van der Waals surface area (Å²) in [4.78, 5) is 30.1. The lowest BCUT2D eigenvalue weighted by Gasteiger charge is -2.34. The van der Waals surface area contributed by atoms with Crippen molar-refractivity contribution in [3.63, 3.8) is 0 Å². The summed E-state index contributed by atoms with van der Waals surface area (Å²) < 4.78 is 29.7. The third-order valence-corrected chi connectivity index (χ3v) is 9.96. The van der Waals surface area contributed by atoms with Crippen LogP contribution in [0.25, 0.3) is 0 Å². The Balaban J connectivity index is 1.83. The molecule has 242 valence electrons. The second-order valence-electron chi connectivity index (χ2n) is 11.8. The van der Waals surface area contributed by atoms with Crippen molar-refractivity contribution in [1.29, 1.82) is 0 Å². The summed E-state index contributed by atoms with van der Waals surface area (Å²) in [7, 11) is -4.17. The molecule has 0 aliphatic heterocycles. The molecule has 7 nitrogen and oxygen atoms in total. The number of carbonyl (C=O) groups is 2. The number of carbonyl (C=O) groups excluding carboxylic acids is 2. The smallest absolute Gasteiger partial charge is 0.264 e. The van der Waals surface area contributed by atoms with E-state index in [9.17, 15) is 18.0 Å². The molecule has 9 heteroatoms. The van der Waals surface area contributed by atoms with Gasteiger partial charge in [-0.15, -0.1) is 0 Å². The molecule has 4 aromatic rings. The fourth-order valence-corrected chi connectivity index (χ4v) is 6.77. The van der Waals surface area contributed by atoms with Gasteiger partial charge < -0.3 is 10.2 Å². The first-order chi connectivity index (χ1) is 21.9. The summed E-state index contributed by atoms with van der Waals surface area (Å²) in [6.07, 6.45) is 0.959. The lowest BCUT2D eigenvalue weighted by Crippen LogP contribution is -2.54. The quantitative estimate of drug-likeness (QED) is 0.167. The molecule has 0 bridgehead atoms. The molecule has 46 heavy (non-hydrogen) atoms. The summed E-state index contributed by atoms with van der Waals surface area (Å²) >= 11 is 6.17. The monoisotopic (exact) mass is 659 g/mol. The molecule has 0 heterocycles. The number of nitrogens with zero attached hydrogens (tertiary/aromatic N) is 2. The fraction of sp³-hybridized carbons (Fsp3) is 0.297. The van der Waals surface area contributed by atoms with E-state index in [1.807, 2.05) is 71.0 Å². The minimum Gasteiger partial charge on any atom is -0.352 e. The van der Waals surface area contributed by atoms with Crippen LogP contribution >= 0.6 is 11.6 Å². The molecule has 1 N–H and O–H groups in total. The molecule has 0 radical (unpaired) electrons. The normalized spacial score (nSPS) is 12.7. The van der Waals surface area contributed by atoms with E-state index in [-0.39, 0.29) is 29.8 Å². The molecule has 4 rings (SSSR count). The van der Waals surface area contributed by atoms with E-state index >= 15 is 0 Å². The molecule has 0 saturated heterocycles. The lowest BCUT2D eigenvalue weighted by atomic mass is 10.0. The van der Waals surface area contributed by atoms with Gasteiger partial charge in [-0.1, -0.05) is 84.8 Å². The Morgan fingerprint density at radius 2 is 1.41 bits per heavy atom. The average molecular weight is 660 g/mol. The van der Waals surface area contributed by atoms with Crippen molar-refractivity contribution in [1.82, 2.24) is 10.2 Å². The SMILES string of the molecule is CCC(C)NC(=O)C(Cc1ccccc1)N(Cc1ccc(Cl)cc1)C(=O)CN(c1cc(C)cc(C)c1)S(=O)(=O)c1ccc(C)cc1. The minimum absolute atomic E-state index is 0.0738. The molecule has 2 unspecified atom stereocenters. The van der Waals surface area contributed by atoms with Gasteiger partial charge in [0.05, 0.1) is 10.6 Å². The molecule has 0 spiro atoms. The van der Waals surface area contributed by atoms with Gasteiger partial charge in [-0.25, -0.2) is 8.42 Å².